The first-order valence-corrected chi connectivity index (χ1v) is 11.6. The van der Waals surface area contributed by atoms with Gasteiger partial charge in [-0.2, -0.15) is 4.31 Å². The van der Waals surface area contributed by atoms with E-state index < -0.39 is 27.8 Å². The lowest BCUT2D eigenvalue weighted by Gasteiger charge is -2.57. The molecule has 4 bridgehead atoms. The average molecular weight is 419 g/mol. The summed E-state index contributed by atoms with van der Waals surface area (Å²) >= 11 is 0. The summed E-state index contributed by atoms with van der Waals surface area (Å²) in [6.45, 7) is 7.34. The molecule has 156 valence electrons. The fourth-order valence-corrected chi connectivity index (χ4v) is 7.88. The summed E-state index contributed by atoms with van der Waals surface area (Å²) in [5.74, 6) is 0.636. The second-order valence-corrected chi connectivity index (χ2v) is 10.5. The zero-order chi connectivity index (χ0) is 20.4. The fraction of sp³-hybridized carbons (Fsp3) is 0.571. The maximum absolute atomic E-state index is 13.7. The van der Waals surface area contributed by atoms with Crippen LogP contribution in [0, 0.1) is 24.7 Å². The second-order valence-electron chi connectivity index (χ2n) is 8.65. The van der Waals surface area contributed by atoms with Crippen LogP contribution in [-0.2, 0) is 19.5 Å². The largest absolute Gasteiger partial charge is 0.508 e. The molecule has 4 fully saturated rings. The lowest BCUT2D eigenvalue weighted by molar-refractivity contribution is -0.0606. The van der Waals surface area contributed by atoms with Crippen LogP contribution in [0.2, 0.25) is 0 Å². The van der Waals surface area contributed by atoms with Gasteiger partial charge in [0.2, 0.25) is 10.0 Å². The number of hydrogen-bond acceptors (Lipinski definition) is 6. The van der Waals surface area contributed by atoms with Crippen molar-refractivity contribution in [3.63, 3.8) is 0 Å². The lowest BCUT2D eigenvalue weighted by atomic mass is 9.58. The number of piperidine rings is 1. The van der Waals surface area contributed by atoms with Crippen molar-refractivity contribution in [2.45, 2.75) is 42.3 Å². The van der Waals surface area contributed by atoms with E-state index in [2.05, 4.69) is 11.9 Å². The van der Waals surface area contributed by atoms with Crippen LogP contribution in [0.5, 0.6) is 0 Å². The average Bonchev–Trinajstić information content (AvgIpc) is 3.24. The van der Waals surface area contributed by atoms with E-state index in [-0.39, 0.29) is 24.5 Å². The fourth-order valence-electron chi connectivity index (χ4n) is 6.15. The molecule has 1 saturated carbocycles. The molecule has 1 N–H and O–H groups in total. The Labute approximate surface area is 171 Å². The normalized spacial score (nSPS) is 39.1. The summed E-state index contributed by atoms with van der Waals surface area (Å²) < 4.78 is 39.7. The second kappa shape index (κ2) is 6.55. The Morgan fingerprint density at radius 1 is 1.31 bits per heavy atom. The minimum absolute atomic E-state index is 0.0222. The molecule has 1 aliphatic carbocycles. The van der Waals surface area contributed by atoms with Crippen molar-refractivity contribution in [1.29, 1.82) is 0 Å². The summed E-state index contributed by atoms with van der Waals surface area (Å²) in [5, 5.41) is 3.61. The van der Waals surface area contributed by atoms with Crippen molar-refractivity contribution in [2.24, 2.45) is 17.8 Å². The van der Waals surface area contributed by atoms with Gasteiger partial charge in [0, 0.05) is 6.54 Å². The highest BCUT2D eigenvalue weighted by Crippen LogP contribution is 2.55. The molecule has 8 heteroatoms. The number of hydrogen-bond donors (Lipinski definition) is 1. The van der Waals surface area contributed by atoms with Crippen LogP contribution >= 0.6 is 0 Å². The van der Waals surface area contributed by atoms with Gasteiger partial charge in [0.05, 0.1) is 16.5 Å². The minimum Gasteiger partial charge on any atom is -0.430 e. The van der Waals surface area contributed by atoms with Crippen LogP contribution in [0.25, 0.3) is 0 Å². The molecule has 7 nitrogen and oxygen atoms in total. The molecule has 0 unspecified atom stereocenters. The van der Waals surface area contributed by atoms with E-state index in [1.54, 1.807) is 16.4 Å². The number of nitrogens with zero attached hydrogens (tertiary/aromatic N) is 1. The Balaban J connectivity index is 1.62. The van der Waals surface area contributed by atoms with Crippen LogP contribution in [0.1, 0.15) is 18.4 Å². The van der Waals surface area contributed by atoms with E-state index >= 15 is 0 Å². The zero-order valence-electron chi connectivity index (χ0n) is 16.4. The topological polar surface area (TPSA) is 84.9 Å². The number of aryl methyl sites for hydroxylation is 1. The Morgan fingerprint density at radius 2 is 2.07 bits per heavy atom. The Morgan fingerprint density at radius 3 is 2.72 bits per heavy atom. The molecule has 3 heterocycles. The third kappa shape index (κ3) is 2.62. The maximum Gasteiger partial charge on any atom is 0.508 e. The third-order valence-electron chi connectivity index (χ3n) is 7.35. The number of cyclic esters (lactones) is 2. The van der Waals surface area contributed by atoms with Gasteiger partial charge in [0.1, 0.15) is 6.61 Å². The molecule has 29 heavy (non-hydrogen) atoms. The van der Waals surface area contributed by atoms with Gasteiger partial charge in [-0.25, -0.2) is 13.2 Å². The number of sulfonamides is 1. The van der Waals surface area contributed by atoms with Crippen molar-refractivity contribution >= 4 is 16.2 Å². The van der Waals surface area contributed by atoms with Crippen LogP contribution in [0.3, 0.4) is 0 Å². The zero-order valence-corrected chi connectivity index (χ0v) is 17.2. The Kier molecular flexibility index (Phi) is 4.31. The van der Waals surface area contributed by atoms with Gasteiger partial charge in [-0.15, -0.1) is 6.58 Å². The van der Waals surface area contributed by atoms with E-state index in [1.807, 2.05) is 25.1 Å². The molecule has 0 aromatic heterocycles. The molecular weight excluding hydrogens is 392 g/mol. The Hall–Kier alpha value is -1.90. The molecular formula is C21H26N2O5S. The predicted molar refractivity (Wildman–Crippen MR) is 106 cm³/mol. The van der Waals surface area contributed by atoms with Crippen LogP contribution in [0.15, 0.2) is 41.8 Å². The highest BCUT2D eigenvalue weighted by Gasteiger charge is 2.68. The Bertz CT molecular complexity index is 946. The smallest absolute Gasteiger partial charge is 0.430 e. The first-order valence-electron chi connectivity index (χ1n) is 10.2. The van der Waals surface area contributed by atoms with Crippen LogP contribution in [0.4, 0.5) is 4.79 Å². The van der Waals surface area contributed by atoms with E-state index in [1.165, 1.54) is 0 Å². The van der Waals surface area contributed by atoms with Gasteiger partial charge in [0.15, 0.2) is 6.10 Å². The number of ether oxygens (including phenoxy) is 2. The van der Waals surface area contributed by atoms with E-state index in [0.29, 0.717) is 17.4 Å². The molecule has 3 saturated heterocycles. The number of rotatable bonds is 4. The summed E-state index contributed by atoms with van der Waals surface area (Å²) in [5.41, 5.74) is 0.361. The summed E-state index contributed by atoms with van der Waals surface area (Å²) in [6, 6.07) is 6.59. The van der Waals surface area contributed by atoms with Gasteiger partial charge < -0.3 is 14.8 Å². The molecule has 4 aliphatic rings. The number of carbonyl (C=O) groups is 1. The van der Waals surface area contributed by atoms with Gasteiger partial charge in [-0.05, 0) is 56.2 Å². The quantitative estimate of drug-likeness (QED) is 0.595. The van der Waals surface area contributed by atoms with E-state index in [4.69, 9.17) is 9.47 Å². The SMILES string of the molecule is C=C[C@H]1C[C@H]2CN[C@@]3([C@H]4COC(=O)O4)[C@@H]2CCN(S(=O)(=O)c2ccc(C)cc2)[C@@H]13. The van der Waals surface area contributed by atoms with Crippen molar-refractivity contribution in [3.8, 4) is 0 Å². The minimum atomic E-state index is -3.71. The summed E-state index contributed by atoms with van der Waals surface area (Å²) in [6.07, 6.45) is 2.30. The van der Waals surface area contributed by atoms with Gasteiger partial charge in [0.25, 0.3) is 0 Å². The third-order valence-corrected chi connectivity index (χ3v) is 9.24. The molecule has 1 aromatic carbocycles. The first-order chi connectivity index (χ1) is 13.9. The van der Waals surface area contributed by atoms with Crippen LogP contribution in [-0.4, -0.2) is 56.3 Å². The van der Waals surface area contributed by atoms with Crippen molar-refractivity contribution in [3.05, 3.63) is 42.5 Å². The summed E-state index contributed by atoms with van der Waals surface area (Å²) in [7, 11) is -3.71. The van der Waals surface area contributed by atoms with Crippen LogP contribution < -0.4 is 5.32 Å². The first kappa shape index (κ1) is 19.1. The standard InChI is InChI=1S/C21H26N2O5S/c1-3-14-10-15-11-22-21(18-12-27-20(24)28-18)17(15)8-9-23(19(14)21)29(25,26)16-6-4-13(2)5-7-16/h3-7,14-15,17-19,22H,1,8-12H2,2H3/t14-,15-,17+,18+,19-,21+/m0/s1. The van der Waals surface area contributed by atoms with Crippen molar-refractivity contribution in [2.75, 3.05) is 19.7 Å². The highest BCUT2D eigenvalue weighted by atomic mass is 32.2. The maximum atomic E-state index is 13.7. The molecule has 6 atom stereocenters. The van der Waals surface area contributed by atoms with Gasteiger partial charge in [-0.1, -0.05) is 23.8 Å². The van der Waals surface area contributed by atoms with Crippen molar-refractivity contribution in [1.82, 2.24) is 9.62 Å². The molecule has 0 spiro atoms. The number of carbonyl (C=O) groups excluding carboxylic acids is 1. The molecule has 1 aromatic rings. The highest BCUT2D eigenvalue weighted by molar-refractivity contribution is 7.89. The predicted octanol–water partition coefficient (Wildman–Crippen LogP) is 2.07. The van der Waals surface area contributed by atoms with Crippen molar-refractivity contribution < 1.29 is 22.7 Å². The van der Waals surface area contributed by atoms with Gasteiger partial charge >= 0.3 is 6.16 Å². The molecule has 3 aliphatic heterocycles. The molecule has 5 rings (SSSR count). The number of benzene rings is 1. The van der Waals surface area contributed by atoms with E-state index in [0.717, 1.165) is 24.9 Å². The lowest BCUT2D eigenvalue weighted by Crippen LogP contribution is -2.74. The number of nitrogens with one attached hydrogen (secondary N) is 1. The molecule has 0 radical (unpaired) electrons. The van der Waals surface area contributed by atoms with E-state index in [9.17, 15) is 13.2 Å². The molecule has 0 amide bonds. The van der Waals surface area contributed by atoms with Gasteiger partial charge in [-0.3, -0.25) is 0 Å². The summed E-state index contributed by atoms with van der Waals surface area (Å²) in [4.78, 5) is 12.0. The monoisotopic (exact) mass is 418 g/mol.